The molecule has 0 aromatic rings. The number of amides is 2. The van der Waals surface area contributed by atoms with E-state index in [9.17, 15) is 14.3 Å². The summed E-state index contributed by atoms with van der Waals surface area (Å²) in [6.45, 7) is 6.64. The molecular formula is C44H93N3O6P+. The first-order chi connectivity index (χ1) is 26.0. The molecule has 0 aliphatic rings. The average Bonchev–Trinajstić information content (AvgIpc) is 3.12. The van der Waals surface area contributed by atoms with Crippen LogP contribution in [0.1, 0.15) is 206 Å². The minimum atomic E-state index is -4.33. The number of carbonyl (C=O) groups excluding carboxylic acids is 1. The lowest BCUT2D eigenvalue weighted by Gasteiger charge is -2.29. The predicted molar refractivity (Wildman–Crippen MR) is 230 cm³/mol. The van der Waals surface area contributed by atoms with E-state index in [0.717, 1.165) is 32.1 Å². The molecule has 2 atom stereocenters. The van der Waals surface area contributed by atoms with E-state index >= 15 is 0 Å². The Kier molecular flexibility index (Phi) is 37.4. The monoisotopic (exact) mass is 791 g/mol. The van der Waals surface area contributed by atoms with Crippen LogP contribution in [0.2, 0.25) is 0 Å². The number of hydrogen-bond donors (Lipinski definition) is 2. The van der Waals surface area contributed by atoms with Gasteiger partial charge in [0.05, 0.1) is 34.3 Å². The number of likely N-dealkylation sites (N-methyl/N-ethyl adjacent to an activating group) is 1. The Balaban J connectivity index is 4.50. The van der Waals surface area contributed by atoms with Crippen molar-refractivity contribution in [1.82, 2.24) is 10.2 Å². The number of unbranched alkanes of at least 4 members (excludes halogenated alkanes) is 28. The molecule has 0 rings (SSSR count). The van der Waals surface area contributed by atoms with Crippen molar-refractivity contribution in [2.45, 2.75) is 213 Å². The number of hydrogen-bond acceptors (Lipinski definition) is 5. The van der Waals surface area contributed by atoms with Crippen molar-refractivity contribution in [3.05, 3.63) is 0 Å². The molecule has 0 aliphatic heterocycles. The first-order valence-corrected chi connectivity index (χ1v) is 24.5. The second-order valence-corrected chi connectivity index (χ2v) is 18.4. The maximum Gasteiger partial charge on any atom is 0.472 e. The molecule has 2 unspecified atom stereocenters. The van der Waals surface area contributed by atoms with E-state index in [4.69, 9.17) is 13.8 Å². The van der Waals surface area contributed by atoms with Crippen LogP contribution in [0.25, 0.3) is 0 Å². The van der Waals surface area contributed by atoms with E-state index < -0.39 is 13.9 Å². The van der Waals surface area contributed by atoms with Crippen LogP contribution in [0.15, 0.2) is 0 Å². The normalized spacial score (nSPS) is 13.6. The fourth-order valence-electron chi connectivity index (χ4n) is 6.91. The number of rotatable bonds is 42. The van der Waals surface area contributed by atoms with Gasteiger partial charge in [-0.25, -0.2) is 9.36 Å². The molecule has 54 heavy (non-hydrogen) atoms. The Labute approximate surface area is 336 Å². The number of nitrogens with one attached hydrogen (secondary N) is 1. The largest absolute Gasteiger partial charge is 0.472 e. The molecule has 10 heteroatoms. The van der Waals surface area contributed by atoms with Crippen molar-refractivity contribution < 1.29 is 32.5 Å². The highest BCUT2D eigenvalue weighted by atomic mass is 31.2. The molecule has 0 fully saturated rings. The summed E-state index contributed by atoms with van der Waals surface area (Å²) in [5, 5.41) is 2.74. The van der Waals surface area contributed by atoms with E-state index in [2.05, 4.69) is 19.2 Å². The Hall–Kier alpha value is -0.700. The summed E-state index contributed by atoms with van der Waals surface area (Å²) in [5.74, 6) is 0. The Bertz CT molecular complexity index is 859. The van der Waals surface area contributed by atoms with E-state index in [1.165, 1.54) is 161 Å². The summed E-state index contributed by atoms with van der Waals surface area (Å²) >= 11 is 0. The van der Waals surface area contributed by atoms with Crippen molar-refractivity contribution >= 4 is 13.9 Å². The van der Waals surface area contributed by atoms with E-state index in [1.54, 1.807) is 11.9 Å². The van der Waals surface area contributed by atoms with Gasteiger partial charge in [-0.15, -0.1) is 0 Å². The lowest BCUT2D eigenvalue weighted by molar-refractivity contribution is -0.870. The maximum atomic E-state index is 12.9. The molecule has 0 heterocycles. The highest BCUT2D eigenvalue weighted by Gasteiger charge is 2.30. The van der Waals surface area contributed by atoms with E-state index in [1.807, 2.05) is 21.1 Å². The van der Waals surface area contributed by atoms with Crippen LogP contribution < -0.4 is 5.32 Å². The van der Waals surface area contributed by atoms with Gasteiger partial charge in [-0.05, 0) is 12.8 Å². The summed E-state index contributed by atoms with van der Waals surface area (Å²) in [6.07, 6.45) is 38.2. The summed E-state index contributed by atoms with van der Waals surface area (Å²) in [6, 6.07) is -0.213. The van der Waals surface area contributed by atoms with Crippen LogP contribution in [0.5, 0.6) is 0 Å². The van der Waals surface area contributed by atoms with Crippen LogP contribution in [0.4, 0.5) is 4.79 Å². The molecule has 9 nitrogen and oxygen atoms in total. The van der Waals surface area contributed by atoms with Crippen LogP contribution in [-0.4, -0.2) is 94.1 Å². The number of nitrogens with zero attached hydrogens (tertiary/aromatic N) is 2. The fraction of sp³-hybridized carbons (Fsp3) is 0.977. The minimum Gasteiger partial charge on any atom is -0.379 e. The van der Waals surface area contributed by atoms with Crippen molar-refractivity contribution in [3.63, 3.8) is 0 Å². The fourth-order valence-corrected chi connectivity index (χ4v) is 7.79. The third-order valence-corrected chi connectivity index (χ3v) is 11.5. The molecule has 2 amide bonds. The highest BCUT2D eigenvalue weighted by Crippen LogP contribution is 2.44. The summed E-state index contributed by atoms with van der Waals surface area (Å²) in [7, 11) is 3.29. The van der Waals surface area contributed by atoms with Crippen LogP contribution >= 0.6 is 7.82 Å². The van der Waals surface area contributed by atoms with Gasteiger partial charge in [-0.3, -0.25) is 9.05 Å². The average molecular weight is 791 g/mol. The molecule has 0 aromatic carbocycles. The van der Waals surface area contributed by atoms with Crippen molar-refractivity contribution in [2.75, 3.05) is 67.6 Å². The van der Waals surface area contributed by atoms with E-state index in [0.29, 0.717) is 24.2 Å². The van der Waals surface area contributed by atoms with Gasteiger partial charge in [0.1, 0.15) is 19.3 Å². The van der Waals surface area contributed by atoms with Gasteiger partial charge >= 0.3 is 13.9 Å². The zero-order chi connectivity index (χ0) is 40.0. The van der Waals surface area contributed by atoms with Gasteiger partial charge in [-0.1, -0.05) is 194 Å². The van der Waals surface area contributed by atoms with Gasteiger partial charge in [0, 0.05) is 20.2 Å². The standard InChI is InChI=1S/C44H92N3O6P/c1-7-9-11-13-15-17-19-21-23-24-26-28-30-32-34-36-39-51-42-43(53-54(49,50)52-40-38-47(4,5)6)41-46(44(48)45-3)37-35-33-31-29-27-25-22-20-18-16-14-12-10-8-2/h43H,7-42H2,1-6H3,(H-,45,48,49,50)/p+1. The summed E-state index contributed by atoms with van der Waals surface area (Å²) in [4.78, 5) is 25.1. The smallest absolute Gasteiger partial charge is 0.379 e. The van der Waals surface area contributed by atoms with Crippen LogP contribution in [0.3, 0.4) is 0 Å². The molecule has 0 spiro atoms. The van der Waals surface area contributed by atoms with Gasteiger partial charge in [0.15, 0.2) is 0 Å². The maximum absolute atomic E-state index is 12.9. The summed E-state index contributed by atoms with van der Waals surface area (Å²) in [5.41, 5.74) is 0. The van der Waals surface area contributed by atoms with Crippen LogP contribution in [-0.2, 0) is 18.3 Å². The van der Waals surface area contributed by atoms with Crippen molar-refractivity contribution in [1.29, 1.82) is 0 Å². The summed E-state index contributed by atoms with van der Waals surface area (Å²) < 4.78 is 30.5. The molecule has 0 aromatic heterocycles. The Morgan fingerprint density at radius 3 is 1.35 bits per heavy atom. The lowest BCUT2D eigenvalue weighted by Crippen LogP contribution is -2.44. The Morgan fingerprint density at radius 2 is 0.981 bits per heavy atom. The third kappa shape index (κ3) is 38.2. The van der Waals surface area contributed by atoms with Gasteiger partial charge in [0.2, 0.25) is 0 Å². The zero-order valence-electron chi connectivity index (χ0n) is 36.9. The number of phosphoric ester groups is 1. The van der Waals surface area contributed by atoms with Gasteiger partial charge in [0.25, 0.3) is 0 Å². The highest BCUT2D eigenvalue weighted by molar-refractivity contribution is 7.47. The second-order valence-electron chi connectivity index (χ2n) is 17.0. The first-order valence-electron chi connectivity index (χ1n) is 23.0. The van der Waals surface area contributed by atoms with Crippen molar-refractivity contribution in [3.8, 4) is 0 Å². The van der Waals surface area contributed by atoms with Gasteiger partial charge < -0.3 is 24.3 Å². The molecule has 0 saturated carbocycles. The topological polar surface area (TPSA) is 97.3 Å². The van der Waals surface area contributed by atoms with Gasteiger partial charge in [-0.2, -0.15) is 0 Å². The molecule has 2 N–H and O–H groups in total. The number of ether oxygens (including phenoxy) is 1. The molecule has 0 saturated heterocycles. The van der Waals surface area contributed by atoms with Crippen molar-refractivity contribution in [2.24, 2.45) is 0 Å². The molecule has 0 aliphatic carbocycles. The number of quaternary nitrogens is 1. The SMILES string of the molecule is CCCCCCCCCCCCCCCCCCOCC(CN(CCCCCCCCCCCCCCCC)C(=O)NC)OP(=O)(O)OCC[N+](C)(C)C. The van der Waals surface area contributed by atoms with Crippen LogP contribution in [0, 0.1) is 0 Å². The Morgan fingerprint density at radius 1 is 0.611 bits per heavy atom. The second kappa shape index (κ2) is 37.9. The number of urea groups is 1. The molecule has 324 valence electrons. The minimum absolute atomic E-state index is 0.0995. The first kappa shape index (κ1) is 53.3. The number of phosphoric acid groups is 1. The predicted octanol–water partition coefficient (Wildman–Crippen LogP) is 12.6. The molecule has 0 radical (unpaired) electrons. The van der Waals surface area contributed by atoms with E-state index in [-0.39, 0.29) is 25.8 Å². The quantitative estimate of drug-likeness (QED) is 0.0363. The lowest BCUT2D eigenvalue weighted by atomic mass is 10.0. The number of carbonyl (C=O) groups is 1. The molecular weight excluding hydrogens is 697 g/mol. The zero-order valence-corrected chi connectivity index (χ0v) is 37.8. The third-order valence-electron chi connectivity index (χ3n) is 10.5. The molecule has 0 bridgehead atoms.